The average Bonchev–Trinajstić information content (AvgIpc) is 3.02. The quantitative estimate of drug-likeness (QED) is 0.754. The minimum absolute atomic E-state index is 0.00469. The SMILES string of the molecule is Cn1ncc2c1NC(=O)C[C@H]2c1ccc(OCc2ccccc2Cl)cc1. The fourth-order valence-corrected chi connectivity index (χ4v) is 3.40. The third-order valence-electron chi connectivity index (χ3n) is 4.62. The summed E-state index contributed by atoms with van der Waals surface area (Å²) in [4.78, 5) is 12.0. The molecule has 4 rings (SSSR count). The van der Waals surface area contributed by atoms with Crippen molar-refractivity contribution in [3.63, 3.8) is 0 Å². The Morgan fingerprint density at radius 3 is 2.77 bits per heavy atom. The Morgan fingerprint density at radius 1 is 1.23 bits per heavy atom. The van der Waals surface area contributed by atoms with Crippen LogP contribution in [0.1, 0.15) is 29.0 Å². The first kappa shape index (κ1) is 16.7. The van der Waals surface area contributed by atoms with Crippen molar-refractivity contribution in [2.45, 2.75) is 18.9 Å². The maximum Gasteiger partial charge on any atom is 0.226 e. The zero-order chi connectivity index (χ0) is 18.1. The molecule has 6 heteroatoms. The van der Waals surface area contributed by atoms with Gasteiger partial charge in [0.05, 0.1) is 6.20 Å². The van der Waals surface area contributed by atoms with Crippen LogP contribution in [-0.2, 0) is 18.4 Å². The summed E-state index contributed by atoms with van der Waals surface area (Å²) in [5.41, 5.74) is 3.05. The lowest BCUT2D eigenvalue weighted by Crippen LogP contribution is -2.24. The largest absolute Gasteiger partial charge is 0.489 e. The van der Waals surface area contributed by atoms with Gasteiger partial charge in [-0.05, 0) is 23.8 Å². The van der Waals surface area contributed by atoms with Crippen LogP contribution in [0.15, 0.2) is 54.7 Å². The number of carbonyl (C=O) groups is 1. The summed E-state index contributed by atoms with van der Waals surface area (Å²) in [7, 11) is 1.83. The van der Waals surface area contributed by atoms with E-state index in [-0.39, 0.29) is 11.8 Å². The van der Waals surface area contributed by atoms with E-state index in [9.17, 15) is 4.79 Å². The summed E-state index contributed by atoms with van der Waals surface area (Å²) in [6.07, 6.45) is 2.24. The molecule has 1 aromatic heterocycles. The minimum atomic E-state index is 0.00469. The Morgan fingerprint density at radius 2 is 2.00 bits per heavy atom. The predicted molar refractivity (Wildman–Crippen MR) is 101 cm³/mol. The van der Waals surface area contributed by atoms with Crippen LogP contribution in [0.2, 0.25) is 5.02 Å². The molecule has 0 aliphatic carbocycles. The van der Waals surface area contributed by atoms with Crippen LogP contribution >= 0.6 is 11.6 Å². The molecule has 3 aromatic rings. The molecule has 2 aromatic carbocycles. The second-order valence-electron chi connectivity index (χ2n) is 6.33. The lowest BCUT2D eigenvalue weighted by atomic mass is 9.87. The molecule has 0 unspecified atom stereocenters. The van der Waals surface area contributed by atoms with Crippen molar-refractivity contribution < 1.29 is 9.53 Å². The van der Waals surface area contributed by atoms with Crippen molar-refractivity contribution in [1.82, 2.24) is 9.78 Å². The lowest BCUT2D eigenvalue weighted by Gasteiger charge is -2.23. The molecule has 1 amide bonds. The molecule has 1 aliphatic rings. The summed E-state index contributed by atoms with van der Waals surface area (Å²) < 4.78 is 7.52. The predicted octanol–water partition coefficient (Wildman–Crippen LogP) is 4.13. The normalized spacial score (nSPS) is 16.1. The standard InChI is InChI=1S/C20H18ClN3O2/c1-24-20-17(11-22-24)16(10-19(25)23-20)13-6-8-15(9-7-13)26-12-14-4-2-3-5-18(14)21/h2-9,11,16H,10,12H2,1H3,(H,23,25)/t16-/m0/s1. The Hall–Kier alpha value is -2.79. The van der Waals surface area contributed by atoms with Gasteiger partial charge in [0.25, 0.3) is 0 Å². The number of nitrogens with zero attached hydrogens (tertiary/aromatic N) is 2. The minimum Gasteiger partial charge on any atom is -0.489 e. The van der Waals surface area contributed by atoms with Gasteiger partial charge in [0.15, 0.2) is 0 Å². The van der Waals surface area contributed by atoms with Gasteiger partial charge in [0.2, 0.25) is 5.91 Å². The summed E-state index contributed by atoms with van der Waals surface area (Å²) >= 11 is 6.16. The van der Waals surface area contributed by atoms with Crippen molar-refractivity contribution in [1.29, 1.82) is 0 Å². The van der Waals surface area contributed by atoms with Gasteiger partial charge in [-0.25, -0.2) is 0 Å². The monoisotopic (exact) mass is 367 g/mol. The van der Waals surface area contributed by atoms with Crippen LogP contribution in [0.5, 0.6) is 5.75 Å². The Labute approximate surface area is 156 Å². The average molecular weight is 368 g/mol. The Balaban J connectivity index is 1.51. The number of amides is 1. The number of nitrogens with one attached hydrogen (secondary N) is 1. The van der Waals surface area contributed by atoms with Gasteiger partial charge in [-0.15, -0.1) is 0 Å². The van der Waals surface area contributed by atoms with Crippen LogP contribution in [0.25, 0.3) is 0 Å². The molecule has 0 spiro atoms. The van der Waals surface area contributed by atoms with E-state index in [0.29, 0.717) is 18.1 Å². The maximum atomic E-state index is 12.0. The van der Waals surface area contributed by atoms with Crippen molar-refractivity contribution in [2.75, 3.05) is 5.32 Å². The fraction of sp³-hybridized carbons (Fsp3) is 0.200. The second kappa shape index (κ2) is 6.84. The first-order valence-corrected chi connectivity index (χ1v) is 8.77. The van der Waals surface area contributed by atoms with Crippen molar-refractivity contribution in [3.8, 4) is 5.75 Å². The number of aryl methyl sites for hydroxylation is 1. The summed E-state index contributed by atoms with van der Waals surface area (Å²) in [5.74, 6) is 1.54. The molecule has 1 atom stereocenters. The third-order valence-corrected chi connectivity index (χ3v) is 4.99. The maximum absolute atomic E-state index is 12.0. The van der Waals surface area contributed by atoms with Gasteiger partial charge in [-0.1, -0.05) is 41.9 Å². The highest BCUT2D eigenvalue weighted by molar-refractivity contribution is 6.31. The number of ether oxygens (including phenoxy) is 1. The number of rotatable bonds is 4. The zero-order valence-electron chi connectivity index (χ0n) is 14.3. The number of carbonyl (C=O) groups excluding carboxylic acids is 1. The zero-order valence-corrected chi connectivity index (χ0v) is 15.0. The number of benzene rings is 2. The summed E-state index contributed by atoms with van der Waals surface area (Å²) in [6.45, 7) is 0.414. The molecule has 5 nitrogen and oxygen atoms in total. The summed E-state index contributed by atoms with van der Waals surface area (Å²) in [6, 6.07) is 15.5. The van der Waals surface area contributed by atoms with E-state index < -0.39 is 0 Å². The lowest BCUT2D eigenvalue weighted by molar-refractivity contribution is -0.116. The van der Waals surface area contributed by atoms with E-state index in [4.69, 9.17) is 16.3 Å². The van der Waals surface area contributed by atoms with Crippen molar-refractivity contribution in [2.24, 2.45) is 7.05 Å². The number of fused-ring (bicyclic) bond motifs is 1. The molecule has 0 fully saturated rings. The molecule has 1 aliphatic heterocycles. The number of anilines is 1. The smallest absolute Gasteiger partial charge is 0.226 e. The molecule has 0 bridgehead atoms. The van der Waals surface area contributed by atoms with Gasteiger partial charge in [0.1, 0.15) is 18.2 Å². The topological polar surface area (TPSA) is 56.2 Å². The molecule has 2 heterocycles. The highest BCUT2D eigenvalue weighted by Gasteiger charge is 2.29. The van der Waals surface area contributed by atoms with E-state index in [1.165, 1.54) is 0 Å². The van der Waals surface area contributed by atoms with E-state index >= 15 is 0 Å². The molecular weight excluding hydrogens is 350 g/mol. The van der Waals surface area contributed by atoms with Crippen LogP contribution in [0.3, 0.4) is 0 Å². The number of hydrogen-bond acceptors (Lipinski definition) is 3. The van der Waals surface area contributed by atoms with Gasteiger partial charge in [-0.2, -0.15) is 5.10 Å². The van der Waals surface area contributed by atoms with E-state index in [2.05, 4.69) is 10.4 Å². The molecule has 0 saturated carbocycles. The van der Waals surface area contributed by atoms with E-state index in [0.717, 1.165) is 28.3 Å². The van der Waals surface area contributed by atoms with Crippen molar-refractivity contribution in [3.05, 3.63) is 76.4 Å². The van der Waals surface area contributed by atoms with Gasteiger partial charge in [0, 0.05) is 35.5 Å². The molecule has 26 heavy (non-hydrogen) atoms. The Kier molecular flexibility index (Phi) is 4.39. The van der Waals surface area contributed by atoms with E-state index in [1.54, 1.807) is 4.68 Å². The fourth-order valence-electron chi connectivity index (χ4n) is 3.21. The molecule has 1 N–H and O–H groups in total. The summed E-state index contributed by atoms with van der Waals surface area (Å²) in [5, 5.41) is 7.85. The van der Waals surface area contributed by atoms with Crippen LogP contribution in [0.4, 0.5) is 5.82 Å². The second-order valence-corrected chi connectivity index (χ2v) is 6.73. The number of hydrogen-bond donors (Lipinski definition) is 1. The van der Waals surface area contributed by atoms with Gasteiger partial charge >= 0.3 is 0 Å². The molecular formula is C20H18ClN3O2. The highest BCUT2D eigenvalue weighted by Crippen LogP contribution is 2.37. The first-order chi connectivity index (χ1) is 12.6. The third kappa shape index (κ3) is 3.18. The van der Waals surface area contributed by atoms with Crippen LogP contribution < -0.4 is 10.1 Å². The highest BCUT2D eigenvalue weighted by atomic mass is 35.5. The number of halogens is 1. The molecule has 132 valence electrons. The number of aromatic nitrogens is 2. The van der Waals surface area contributed by atoms with Crippen LogP contribution in [-0.4, -0.2) is 15.7 Å². The molecule has 0 radical (unpaired) electrons. The van der Waals surface area contributed by atoms with Gasteiger partial charge < -0.3 is 10.1 Å². The Bertz CT molecular complexity index is 950. The molecule has 0 saturated heterocycles. The van der Waals surface area contributed by atoms with Gasteiger partial charge in [-0.3, -0.25) is 9.48 Å². The van der Waals surface area contributed by atoms with E-state index in [1.807, 2.05) is 61.8 Å². The first-order valence-electron chi connectivity index (χ1n) is 8.40. The van der Waals surface area contributed by atoms with Crippen LogP contribution in [0, 0.1) is 0 Å². The van der Waals surface area contributed by atoms with Crippen molar-refractivity contribution >= 4 is 23.3 Å².